The Bertz CT molecular complexity index is 603. The SMILES string of the molecule is CC(C)(C)C(=O)NCC(=O)Nc1ccc(N2CCCC2=O)cc1. The lowest BCUT2D eigenvalue weighted by Gasteiger charge is -2.18. The highest BCUT2D eigenvalue weighted by atomic mass is 16.2. The third kappa shape index (κ3) is 4.55. The van der Waals surface area contributed by atoms with Gasteiger partial charge in [-0.15, -0.1) is 0 Å². The van der Waals surface area contributed by atoms with Crippen molar-refractivity contribution >= 4 is 29.1 Å². The molecule has 1 aliphatic rings. The lowest BCUT2D eigenvalue weighted by molar-refractivity contribution is -0.130. The Morgan fingerprint density at radius 1 is 1.17 bits per heavy atom. The minimum absolute atomic E-state index is 0.0670. The van der Waals surface area contributed by atoms with Gasteiger partial charge in [-0.3, -0.25) is 14.4 Å². The van der Waals surface area contributed by atoms with Gasteiger partial charge in [0.2, 0.25) is 17.7 Å². The number of benzene rings is 1. The van der Waals surface area contributed by atoms with E-state index in [1.54, 1.807) is 37.8 Å². The highest BCUT2D eigenvalue weighted by Crippen LogP contribution is 2.22. The number of hydrogen-bond donors (Lipinski definition) is 2. The van der Waals surface area contributed by atoms with Crippen molar-refractivity contribution in [3.05, 3.63) is 24.3 Å². The number of carbonyl (C=O) groups excluding carboxylic acids is 3. The van der Waals surface area contributed by atoms with Crippen molar-refractivity contribution in [2.45, 2.75) is 33.6 Å². The van der Waals surface area contributed by atoms with E-state index in [1.807, 2.05) is 12.1 Å². The van der Waals surface area contributed by atoms with Gasteiger partial charge in [0.15, 0.2) is 0 Å². The second kappa shape index (κ2) is 6.81. The number of rotatable bonds is 4. The molecule has 0 bridgehead atoms. The summed E-state index contributed by atoms with van der Waals surface area (Å²) in [4.78, 5) is 37.0. The van der Waals surface area contributed by atoms with E-state index in [1.165, 1.54) is 0 Å². The van der Waals surface area contributed by atoms with Crippen LogP contribution in [0.3, 0.4) is 0 Å². The van der Waals surface area contributed by atoms with E-state index in [0.717, 1.165) is 18.7 Å². The monoisotopic (exact) mass is 317 g/mol. The van der Waals surface area contributed by atoms with Crippen LogP contribution in [-0.2, 0) is 14.4 Å². The smallest absolute Gasteiger partial charge is 0.243 e. The normalized spacial score (nSPS) is 14.7. The van der Waals surface area contributed by atoms with Crippen LogP contribution in [0.2, 0.25) is 0 Å². The lowest BCUT2D eigenvalue weighted by Crippen LogP contribution is -2.39. The van der Waals surface area contributed by atoms with Gasteiger partial charge in [-0.25, -0.2) is 0 Å². The van der Waals surface area contributed by atoms with Gasteiger partial charge in [0, 0.05) is 29.8 Å². The molecule has 0 saturated carbocycles. The molecule has 0 spiro atoms. The summed E-state index contributed by atoms with van der Waals surface area (Å²) in [5, 5.41) is 5.32. The molecule has 6 nitrogen and oxygen atoms in total. The summed E-state index contributed by atoms with van der Waals surface area (Å²) < 4.78 is 0. The van der Waals surface area contributed by atoms with Crippen molar-refractivity contribution in [3.8, 4) is 0 Å². The molecule has 1 aliphatic heterocycles. The maximum Gasteiger partial charge on any atom is 0.243 e. The zero-order valence-electron chi connectivity index (χ0n) is 13.8. The first kappa shape index (κ1) is 17.0. The zero-order valence-corrected chi connectivity index (χ0v) is 13.8. The number of amides is 3. The number of nitrogens with one attached hydrogen (secondary N) is 2. The summed E-state index contributed by atoms with van der Waals surface area (Å²) in [5.41, 5.74) is 0.950. The Labute approximate surface area is 136 Å². The summed E-state index contributed by atoms with van der Waals surface area (Å²) in [5.74, 6) is -0.324. The molecule has 2 N–H and O–H groups in total. The quantitative estimate of drug-likeness (QED) is 0.890. The van der Waals surface area contributed by atoms with Gasteiger partial charge in [-0.2, -0.15) is 0 Å². The summed E-state index contributed by atoms with van der Waals surface area (Å²) in [6.07, 6.45) is 1.47. The van der Waals surface area contributed by atoms with Gasteiger partial charge in [0.05, 0.1) is 6.54 Å². The minimum atomic E-state index is -0.524. The predicted octanol–water partition coefficient (Wildman–Crippen LogP) is 1.91. The average molecular weight is 317 g/mol. The Morgan fingerprint density at radius 3 is 2.35 bits per heavy atom. The summed E-state index contributed by atoms with van der Waals surface area (Å²) >= 11 is 0. The average Bonchev–Trinajstić information content (AvgIpc) is 2.91. The maximum atomic E-state index is 11.8. The topological polar surface area (TPSA) is 78.5 Å². The van der Waals surface area contributed by atoms with E-state index in [0.29, 0.717) is 12.1 Å². The van der Waals surface area contributed by atoms with E-state index in [4.69, 9.17) is 0 Å². The van der Waals surface area contributed by atoms with Crippen molar-refractivity contribution in [2.75, 3.05) is 23.3 Å². The Balaban J connectivity index is 1.87. The van der Waals surface area contributed by atoms with Crippen molar-refractivity contribution in [1.82, 2.24) is 5.32 Å². The fourth-order valence-electron chi connectivity index (χ4n) is 2.28. The van der Waals surface area contributed by atoms with Gasteiger partial charge in [0.25, 0.3) is 0 Å². The van der Waals surface area contributed by atoms with Crippen LogP contribution in [0.15, 0.2) is 24.3 Å². The molecule has 0 atom stereocenters. The first-order chi connectivity index (χ1) is 10.8. The molecular formula is C17H23N3O3. The first-order valence-electron chi connectivity index (χ1n) is 7.76. The molecule has 124 valence electrons. The van der Waals surface area contributed by atoms with Crippen LogP contribution >= 0.6 is 0 Å². The first-order valence-corrected chi connectivity index (χ1v) is 7.76. The second-order valence-electron chi connectivity index (χ2n) is 6.68. The van der Waals surface area contributed by atoms with Crippen molar-refractivity contribution in [3.63, 3.8) is 0 Å². The fourth-order valence-corrected chi connectivity index (χ4v) is 2.28. The number of anilines is 2. The summed E-state index contributed by atoms with van der Waals surface area (Å²) in [7, 11) is 0. The molecule has 2 rings (SSSR count). The Morgan fingerprint density at radius 2 is 1.83 bits per heavy atom. The van der Waals surface area contributed by atoms with Crippen LogP contribution in [0.5, 0.6) is 0 Å². The number of carbonyl (C=O) groups is 3. The molecule has 3 amide bonds. The van der Waals surface area contributed by atoms with Gasteiger partial charge in [0.1, 0.15) is 0 Å². The van der Waals surface area contributed by atoms with Gasteiger partial charge >= 0.3 is 0 Å². The Kier molecular flexibility index (Phi) is 5.03. The molecule has 0 unspecified atom stereocenters. The number of hydrogen-bond acceptors (Lipinski definition) is 3. The second-order valence-corrected chi connectivity index (χ2v) is 6.68. The molecule has 1 aromatic rings. The molecule has 6 heteroatoms. The van der Waals surface area contributed by atoms with Crippen LogP contribution < -0.4 is 15.5 Å². The molecule has 1 aromatic carbocycles. The van der Waals surface area contributed by atoms with E-state index in [9.17, 15) is 14.4 Å². The molecular weight excluding hydrogens is 294 g/mol. The van der Waals surface area contributed by atoms with E-state index < -0.39 is 5.41 Å². The van der Waals surface area contributed by atoms with Gasteiger partial charge < -0.3 is 15.5 Å². The van der Waals surface area contributed by atoms with Crippen molar-refractivity contribution in [2.24, 2.45) is 5.41 Å². The highest BCUT2D eigenvalue weighted by molar-refractivity contribution is 5.97. The van der Waals surface area contributed by atoms with E-state index >= 15 is 0 Å². The zero-order chi connectivity index (χ0) is 17.0. The van der Waals surface area contributed by atoms with Crippen LogP contribution in [0, 0.1) is 5.41 Å². The molecule has 0 radical (unpaired) electrons. The third-order valence-electron chi connectivity index (χ3n) is 3.63. The van der Waals surface area contributed by atoms with Gasteiger partial charge in [-0.1, -0.05) is 20.8 Å². The minimum Gasteiger partial charge on any atom is -0.347 e. The lowest BCUT2D eigenvalue weighted by atomic mass is 9.96. The molecule has 0 aliphatic carbocycles. The summed E-state index contributed by atoms with van der Waals surface area (Å²) in [6, 6.07) is 7.13. The van der Waals surface area contributed by atoms with Crippen LogP contribution in [0.1, 0.15) is 33.6 Å². The van der Waals surface area contributed by atoms with Crippen LogP contribution in [0.4, 0.5) is 11.4 Å². The van der Waals surface area contributed by atoms with Crippen molar-refractivity contribution < 1.29 is 14.4 Å². The molecule has 1 saturated heterocycles. The van der Waals surface area contributed by atoms with E-state index in [2.05, 4.69) is 10.6 Å². The molecule has 1 heterocycles. The third-order valence-corrected chi connectivity index (χ3v) is 3.63. The van der Waals surface area contributed by atoms with Crippen molar-refractivity contribution in [1.29, 1.82) is 0 Å². The largest absolute Gasteiger partial charge is 0.347 e. The maximum absolute atomic E-state index is 11.8. The standard InChI is InChI=1S/C17H23N3O3/c1-17(2,3)16(23)18-11-14(21)19-12-6-8-13(9-7-12)20-10-4-5-15(20)22/h6-9H,4-5,10-11H2,1-3H3,(H,18,23)(H,19,21). The fraction of sp³-hybridized carbons (Fsp3) is 0.471. The molecule has 0 aromatic heterocycles. The predicted molar refractivity (Wildman–Crippen MR) is 89.1 cm³/mol. The molecule has 23 heavy (non-hydrogen) atoms. The Hall–Kier alpha value is -2.37. The number of nitrogens with zero attached hydrogens (tertiary/aromatic N) is 1. The van der Waals surface area contributed by atoms with E-state index in [-0.39, 0.29) is 24.3 Å². The van der Waals surface area contributed by atoms with Crippen LogP contribution in [0.25, 0.3) is 0 Å². The van der Waals surface area contributed by atoms with Gasteiger partial charge in [-0.05, 0) is 30.7 Å². The summed E-state index contributed by atoms with van der Waals surface area (Å²) in [6.45, 7) is 6.04. The van der Waals surface area contributed by atoms with Crippen LogP contribution in [-0.4, -0.2) is 30.8 Å². The molecule has 1 fully saturated rings. The highest BCUT2D eigenvalue weighted by Gasteiger charge is 2.22.